The van der Waals surface area contributed by atoms with Crippen LogP contribution in [-0.2, 0) is 19.5 Å². The van der Waals surface area contributed by atoms with Crippen LogP contribution < -0.4 is 19.4 Å². The van der Waals surface area contributed by atoms with Gasteiger partial charge in [-0.1, -0.05) is 18.2 Å². The topological polar surface area (TPSA) is 108 Å². The summed E-state index contributed by atoms with van der Waals surface area (Å²) in [7, 11) is -1.92. The van der Waals surface area contributed by atoms with Crippen molar-refractivity contribution in [3.8, 4) is 11.1 Å². The lowest BCUT2D eigenvalue weighted by atomic mass is 10.0. The molecule has 2 unspecified atom stereocenters. The number of carbonyl (C=O) groups is 2. The monoisotopic (exact) mass is 528 g/mol. The fourth-order valence-corrected chi connectivity index (χ4v) is 6.79. The number of rotatable bonds is 3. The third-order valence-corrected chi connectivity index (χ3v) is 8.98. The summed E-state index contributed by atoms with van der Waals surface area (Å²) in [4.78, 5) is 29.0. The van der Waals surface area contributed by atoms with Crippen molar-refractivity contribution in [3.63, 3.8) is 0 Å². The molecule has 0 spiro atoms. The summed E-state index contributed by atoms with van der Waals surface area (Å²) in [5.74, 6) is 0.164. The Kier molecular flexibility index (Phi) is 7.00. The van der Waals surface area contributed by atoms with Crippen LogP contribution in [0.15, 0.2) is 42.5 Å². The van der Waals surface area contributed by atoms with Gasteiger partial charge in [-0.15, -0.1) is 0 Å². The maximum absolute atomic E-state index is 13.3. The Morgan fingerprint density at radius 2 is 1.76 bits per heavy atom. The Bertz CT molecular complexity index is 1280. The molecule has 2 amide bonds. The van der Waals surface area contributed by atoms with Gasteiger partial charge in [-0.2, -0.15) is 0 Å². The van der Waals surface area contributed by atoms with Crippen molar-refractivity contribution in [2.24, 2.45) is 0 Å². The number of ether oxygens (including phenoxy) is 2. The number of carbonyl (C=O) groups excluding carboxylic acids is 2. The molecule has 2 atom stereocenters. The smallest absolute Gasteiger partial charge is 0.414 e. The van der Waals surface area contributed by atoms with Crippen LogP contribution in [0, 0.1) is 0 Å². The molecule has 3 aliphatic heterocycles. The highest BCUT2D eigenvalue weighted by molar-refractivity contribution is 7.93. The number of hydrogen-bond donors (Lipinski definition) is 1. The van der Waals surface area contributed by atoms with Crippen LogP contribution >= 0.6 is 0 Å². The van der Waals surface area contributed by atoms with Crippen LogP contribution in [-0.4, -0.2) is 71.8 Å². The first kappa shape index (κ1) is 25.3. The van der Waals surface area contributed by atoms with E-state index >= 15 is 0 Å². The molecule has 2 aromatic carbocycles. The second-order valence-electron chi connectivity index (χ2n) is 9.64. The molecule has 0 aliphatic carbocycles. The average Bonchev–Trinajstić information content (AvgIpc) is 3.27. The van der Waals surface area contributed by atoms with E-state index in [1.54, 1.807) is 28.0 Å². The van der Waals surface area contributed by atoms with E-state index in [0.29, 0.717) is 36.6 Å². The van der Waals surface area contributed by atoms with Crippen molar-refractivity contribution in [2.45, 2.75) is 38.3 Å². The van der Waals surface area contributed by atoms with Crippen molar-refractivity contribution < 1.29 is 27.5 Å². The number of anilines is 3. The molecule has 1 N–H and O–H groups in total. The Labute approximate surface area is 217 Å². The van der Waals surface area contributed by atoms with Crippen molar-refractivity contribution >= 4 is 39.3 Å². The summed E-state index contributed by atoms with van der Waals surface area (Å²) in [6.07, 6.45) is 1.23. The van der Waals surface area contributed by atoms with Gasteiger partial charge in [-0.3, -0.25) is 14.1 Å². The zero-order valence-corrected chi connectivity index (χ0v) is 21.9. The summed E-state index contributed by atoms with van der Waals surface area (Å²) in [5.41, 5.74) is 3.44. The van der Waals surface area contributed by atoms with Gasteiger partial charge in [0.15, 0.2) is 0 Å². The maximum atomic E-state index is 13.3. The molecule has 10 nitrogen and oxygen atoms in total. The van der Waals surface area contributed by atoms with Crippen molar-refractivity contribution in [1.82, 2.24) is 5.32 Å². The lowest BCUT2D eigenvalue weighted by Gasteiger charge is -2.40. The molecule has 0 saturated carbocycles. The largest absolute Gasteiger partial charge is 0.452 e. The summed E-state index contributed by atoms with van der Waals surface area (Å²) in [6.45, 7) is 4.14. The van der Waals surface area contributed by atoms with Crippen molar-refractivity contribution in [2.75, 3.05) is 53.1 Å². The minimum atomic E-state index is -3.26. The predicted octanol–water partition coefficient (Wildman–Crippen LogP) is 3.56. The highest BCUT2D eigenvalue weighted by atomic mass is 32.2. The molecule has 0 radical (unpaired) electrons. The van der Waals surface area contributed by atoms with Gasteiger partial charge in [0.1, 0.15) is 6.10 Å². The van der Waals surface area contributed by atoms with E-state index < -0.39 is 22.2 Å². The standard InChI is InChI=1S/C26H32N4O6S/c1-18-17-28(25(31)36-22-5-3-12-27-16-22)24-15-20(8-11-23(24)30(18)26(32)35-2)19-6-9-21(10-7-19)29-13-4-14-37(29,33)34/h6-11,15,18,22,27H,3-5,12-14,16-17H2,1-2H3. The summed E-state index contributed by atoms with van der Waals surface area (Å²) in [6, 6.07) is 12.5. The summed E-state index contributed by atoms with van der Waals surface area (Å²) < 4.78 is 36.9. The number of hydrogen-bond acceptors (Lipinski definition) is 7. The van der Waals surface area contributed by atoms with Crippen molar-refractivity contribution in [3.05, 3.63) is 42.5 Å². The lowest BCUT2D eigenvalue weighted by molar-refractivity contribution is 0.0876. The predicted molar refractivity (Wildman–Crippen MR) is 142 cm³/mol. The highest BCUT2D eigenvalue weighted by Crippen LogP contribution is 2.40. The van der Waals surface area contributed by atoms with Gasteiger partial charge < -0.3 is 14.8 Å². The normalized spacial score (nSPS) is 22.9. The third-order valence-electron chi connectivity index (χ3n) is 7.11. The Balaban J connectivity index is 1.47. The number of benzene rings is 2. The molecule has 11 heteroatoms. The number of methoxy groups -OCH3 is 1. The molecular formula is C26H32N4O6S. The van der Waals surface area contributed by atoms with Crippen LogP contribution in [0.4, 0.5) is 26.7 Å². The molecule has 2 aromatic rings. The van der Waals surface area contributed by atoms with Crippen molar-refractivity contribution in [1.29, 1.82) is 0 Å². The van der Waals surface area contributed by atoms with E-state index in [1.807, 2.05) is 31.2 Å². The first-order valence-corrected chi connectivity index (χ1v) is 14.2. The fraction of sp³-hybridized carbons (Fsp3) is 0.462. The molecule has 198 valence electrons. The number of amides is 2. The molecule has 0 bridgehead atoms. The minimum Gasteiger partial charge on any atom is -0.452 e. The Morgan fingerprint density at radius 1 is 1.00 bits per heavy atom. The molecule has 5 rings (SSSR count). The summed E-state index contributed by atoms with van der Waals surface area (Å²) >= 11 is 0. The van der Waals surface area contributed by atoms with E-state index in [0.717, 1.165) is 30.5 Å². The Hall–Kier alpha value is -3.31. The maximum Gasteiger partial charge on any atom is 0.414 e. The third kappa shape index (κ3) is 4.97. The molecule has 3 heterocycles. The van der Waals surface area contributed by atoms with E-state index in [9.17, 15) is 18.0 Å². The number of piperidine rings is 1. The van der Waals surface area contributed by atoms with Crippen LogP contribution in [0.2, 0.25) is 0 Å². The summed E-state index contributed by atoms with van der Waals surface area (Å²) in [5, 5.41) is 3.25. The van der Waals surface area contributed by atoms with Gasteiger partial charge in [-0.05, 0) is 68.1 Å². The number of fused-ring (bicyclic) bond motifs is 1. The van der Waals surface area contributed by atoms with Gasteiger partial charge in [0.25, 0.3) is 0 Å². The molecule has 0 aromatic heterocycles. The highest BCUT2D eigenvalue weighted by Gasteiger charge is 2.37. The molecule has 3 aliphatic rings. The van der Waals surface area contributed by atoms with Gasteiger partial charge in [-0.25, -0.2) is 18.0 Å². The minimum absolute atomic E-state index is 0.164. The van der Waals surface area contributed by atoms with Gasteiger partial charge in [0.2, 0.25) is 10.0 Å². The quantitative estimate of drug-likeness (QED) is 0.649. The zero-order valence-electron chi connectivity index (χ0n) is 21.1. The molecule has 37 heavy (non-hydrogen) atoms. The lowest BCUT2D eigenvalue weighted by Crippen LogP contribution is -2.53. The second-order valence-corrected chi connectivity index (χ2v) is 11.7. The zero-order chi connectivity index (χ0) is 26.2. The first-order chi connectivity index (χ1) is 17.8. The van der Waals surface area contributed by atoms with Gasteiger partial charge in [0, 0.05) is 13.1 Å². The van der Waals surface area contributed by atoms with E-state index in [4.69, 9.17) is 9.47 Å². The van der Waals surface area contributed by atoms with Gasteiger partial charge >= 0.3 is 12.2 Å². The number of nitrogens with zero attached hydrogens (tertiary/aromatic N) is 3. The van der Waals surface area contributed by atoms with E-state index in [-0.39, 0.29) is 24.4 Å². The molecular weight excluding hydrogens is 496 g/mol. The fourth-order valence-electron chi connectivity index (χ4n) is 5.23. The first-order valence-electron chi connectivity index (χ1n) is 12.6. The van der Waals surface area contributed by atoms with E-state index in [1.165, 1.54) is 11.4 Å². The second kappa shape index (κ2) is 10.2. The Morgan fingerprint density at radius 3 is 2.41 bits per heavy atom. The van der Waals surface area contributed by atoms with Crippen LogP contribution in [0.3, 0.4) is 0 Å². The SMILES string of the molecule is COC(=O)N1c2ccc(-c3ccc(N4CCCS4(=O)=O)cc3)cc2N(C(=O)OC2CCCNC2)CC1C. The molecule has 2 fully saturated rings. The number of sulfonamides is 1. The van der Waals surface area contributed by atoms with Crippen LogP contribution in [0.25, 0.3) is 11.1 Å². The van der Waals surface area contributed by atoms with Gasteiger partial charge in [0.05, 0.1) is 42.5 Å². The molecule has 2 saturated heterocycles. The van der Waals surface area contributed by atoms with Crippen LogP contribution in [0.1, 0.15) is 26.2 Å². The van der Waals surface area contributed by atoms with E-state index in [2.05, 4.69) is 5.32 Å². The average molecular weight is 529 g/mol. The van der Waals surface area contributed by atoms with Crippen LogP contribution in [0.5, 0.6) is 0 Å². The number of nitrogens with one attached hydrogen (secondary N) is 1.